The van der Waals surface area contributed by atoms with Gasteiger partial charge in [0.1, 0.15) is 0 Å². The molecule has 1 aromatic carbocycles. The third-order valence-corrected chi connectivity index (χ3v) is 3.21. The van der Waals surface area contributed by atoms with Gasteiger partial charge in [-0.2, -0.15) is 4.24 Å². The van der Waals surface area contributed by atoms with Gasteiger partial charge in [-0.15, -0.1) is 0 Å². The molecule has 1 aliphatic heterocycles. The molecule has 234 valence electrons. The van der Waals surface area contributed by atoms with E-state index in [-0.39, 0.29) is 1180 Å². The van der Waals surface area contributed by atoms with Crippen LogP contribution in [0.25, 0.3) is 0 Å². The van der Waals surface area contributed by atoms with Crippen LogP contribution in [0.5, 0.6) is 0 Å². The second kappa shape index (κ2) is 280. The minimum Gasteiger partial charge on any atom is -0.494 e. The maximum atomic E-state index is 5.59. The molecule has 0 atom stereocenters. The topological polar surface area (TPSA) is 0 Å². The first-order valence-corrected chi connectivity index (χ1v) is 4.40. The number of thioether (sulfide) groups is 2. The summed E-state index contributed by atoms with van der Waals surface area (Å²) in [4.78, 5) is 2.20. The molecule has 0 unspecified atom stereocenters. The van der Waals surface area contributed by atoms with Crippen molar-refractivity contribution in [3.8, 4) is 0 Å². The first kappa shape index (κ1) is 337. The van der Waals surface area contributed by atoms with Gasteiger partial charge in [0.05, 0.1) is 0 Å². The molecule has 46 radical (unpaired) electrons. The summed E-state index contributed by atoms with van der Waals surface area (Å²) in [6.07, 6.45) is 0. The summed E-state index contributed by atoms with van der Waals surface area (Å²) in [5.74, 6) is 0. The maximum Gasteiger partial charge on any atom is 0 e. The molecule has 0 bridgehead atoms. The Morgan fingerprint density at radius 2 is 0.321 bits per heavy atom. The summed E-state index contributed by atoms with van der Waals surface area (Å²) < 4.78 is 0.869. The van der Waals surface area contributed by atoms with Crippen LogP contribution >= 0.6 is 23.5 Å². The van der Waals surface area contributed by atoms with Gasteiger partial charge in [-0.25, -0.2) is 33.3 Å². The van der Waals surface area contributed by atoms with Gasteiger partial charge in [0, 0.05) is 1180 Å². The van der Waals surface area contributed by atoms with Crippen LogP contribution in [0.2, 0.25) is 0 Å². The smallest absolute Gasteiger partial charge is 0 e. The van der Waals surface area contributed by atoms with E-state index in [1.54, 1.807) is 23.5 Å². The fourth-order valence-corrected chi connectivity index (χ4v) is 2.62. The van der Waals surface area contributed by atoms with E-state index in [0.29, 0.717) is 0 Å². The molecular weight excluding hydrogens is 3380 g/mol. The van der Waals surface area contributed by atoms with E-state index in [4.69, 9.17) is 6.58 Å². The van der Waals surface area contributed by atoms with E-state index in [1.165, 1.54) is 0 Å². The normalized spacial score (nSPS) is 2.75. The molecule has 0 aliphatic carbocycles. The molecule has 0 aromatic heterocycles. The Bertz CT molecular complexity index is 335. The van der Waals surface area contributed by atoms with Crippen LogP contribution in [0.15, 0.2) is 26.2 Å². The zero-order valence-electron chi connectivity index (χ0n) is 28.6. The molecule has 0 spiro atoms. The molecule has 1 aliphatic rings. The van der Waals surface area contributed by atoms with Crippen LogP contribution in [0.1, 0.15) is 0 Å². The van der Waals surface area contributed by atoms with E-state index < -0.39 is 0 Å². The summed E-state index contributed by atoms with van der Waals surface area (Å²) in [6, 6.07) is 9.88. The summed E-state index contributed by atoms with van der Waals surface area (Å²) in [6.45, 7) is 5.59. The Hall–Kier alpha value is 38.5. The van der Waals surface area contributed by atoms with Crippen LogP contribution < -0.4 is 0 Å². The third kappa shape index (κ3) is 234. The molecule has 0 saturated carbocycles. The first-order chi connectivity index (χ1) is 4.86. The van der Waals surface area contributed by atoms with Gasteiger partial charge in [0.2, 0.25) is 0 Å². The van der Waals surface area contributed by atoms with Crippen molar-refractivity contribution in [1.82, 2.24) is 0 Å². The minimum atomic E-state index is 0. The summed E-state index contributed by atoms with van der Waals surface area (Å²) in [7, 11) is 0. The average molecular weight is 3380 g/mol. The fourth-order valence-electron chi connectivity index (χ4n) is 0.739. The molecular formula is C8H3S2V23Y23-3. The van der Waals surface area contributed by atoms with Crippen LogP contribution in [0, 0.1) is 18.7 Å². The molecule has 0 fully saturated rings. The molecule has 1 heterocycles. The largest absolute Gasteiger partial charge is 0.494 e. The van der Waals surface area contributed by atoms with Crippen molar-refractivity contribution in [3.05, 3.63) is 35.1 Å². The van der Waals surface area contributed by atoms with Gasteiger partial charge >= 0.3 is 0 Å². The number of fused-ring (bicyclic) bond motifs is 1. The fraction of sp³-hybridized carbons (Fsp3) is 0. The van der Waals surface area contributed by atoms with Crippen molar-refractivity contribution in [1.29, 1.82) is 0 Å². The predicted octanol–water partition coefficient (Wildman–Crippen LogP) is 2.64. The van der Waals surface area contributed by atoms with Crippen molar-refractivity contribution in [2.75, 3.05) is 0 Å². The van der Waals surface area contributed by atoms with Crippen molar-refractivity contribution in [2.24, 2.45) is 0 Å². The molecule has 1 aromatic rings. The van der Waals surface area contributed by atoms with E-state index in [1.807, 2.05) is 12.1 Å². The average Bonchev–Trinajstić information content (AvgIpc) is 2.27. The first-order valence-electron chi connectivity index (χ1n) is 2.77. The quantitative estimate of drug-likeness (QED) is 0.368. The standard InChI is InChI=1S/C8H3S2.23V.23Y/c1-6-9-7-4-2-3-5-8(7)10-6;;;;;;;;;;;;;;;;;;;;;;;;;;;;;;;;;;;;;;;;;;;;;;/h1-3H;;;;;;;;;;;;;;;;;;;;;;;;;;;;;;;;;;;;;;;;;;;;;;/q-3;;;;;;;;;;;;;;;;;;;;;;;;;;;;;;;;;;;;;;;;;;;;;;. The van der Waals surface area contributed by atoms with Crippen LogP contribution in [-0.2, 0) is 1180 Å². The molecule has 0 saturated heterocycles. The maximum absolute atomic E-state index is 5.59. The molecule has 0 nitrogen and oxygen atoms in total. The Balaban J connectivity index is -0.000000000612. The number of hydrogen-bond acceptors (Lipinski definition) is 2. The molecule has 0 N–H and O–H groups in total. The van der Waals surface area contributed by atoms with E-state index >= 15 is 0 Å². The van der Waals surface area contributed by atoms with Crippen LogP contribution in [0.3, 0.4) is 0 Å². The van der Waals surface area contributed by atoms with Gasteiger partial charge in [0.15, 0.2) is 0 Å². The van der Waals surface area contributed by atoms with E-state index in [0.717, 1.165) is 14.0 Å². The Morgan fingerprint density at radius 3 is 0.411 bits per heavy atom. The number of benzene rings is 1. The molecule has 0 amide bonds. The zero-order valence-corrected chi connectivity index (χ0v) is 128. The number of rotatable bonds is 0. The van der Waals surface area contributed by atoms with Crippen molar-refractivity contribution >= 4 is 23.5 Å². The predicted molar refractivity (Wildman–Crippen MR) is 43.6 cm³/mol. The SMILES string of the molecule is [CH-]=C1Sc2[c-]cc[c-]c2S1.[V].[V].[V].[V].[V].[V].[V].[V].[V].[V].[V].[V].[V].[V].[V].[V].[V].[V].[V].[V].[V].[V].[V].[Y].[Y].[Y].[Y].[Y].[Y].[Y].[Y].[Y].[Y].[Y].[Y].[Y].[Y].[Y].[Y].[Y].[Y].[Y].[Y].[Y].[Y].[Y]. The third-order valence-electron chi connectivity index (χ3n) is 1.12. The van der Waals surface area contributed by atoms with Crippen molar-refractivity contribution in [2.45, 2.75) is 9.79 Å². The number of hydrogen-bond donors (Lipinski definition) is 0. The molecule has 48 heteroatoms. The summed E-state index contributed by atoms with van der Waals surface area (Å²) >= 11 is 3.12. The van der Waals surface area contributed by atoms with E-state index in [2.05, 4.69) is 12.1 Å². The minimum absolute atomic E-state index is 0. The van der Waals surface area contributed by atoms with E-state index in [9.17, 15) is 0 Å². The molecule has 2 rings (SSSR count). The Kier molecular flexibility index (Phi) is 1680. The van der Waals surface area contributed by atoms with Crippen LogP contribution in [-0.4, -0.2) is 0 Å². The van der Waals surface area contributed by atoms with Crippen molar-refractivity contribution in [3.63, 3.8) is 0 Å². The van der Waals surface area contributed by atoms with Gasteiger partial charge < -0.3 is 18.7 Å². The summed E-state index contributed by atoms with van der Waals surface area (Å²) in [5.41, 5.74) is 0. The van der Waals surface area contributed by atoms with Gasteiger partial charge in [-0.05, 0) is 0 Å². The van der Waals surface area contributed by atoms with Gasteiger partial charge in [-0.3, -0.25) is 12.1 Å². The monoisotopic (exact) mass is 3380 g/mol. The molecule has 56 heavy (non-hydrogen) atoms. The Morgan fingerprint density at radius 1 is 0.232 bits per heavy atom. The zero-order chi connectivity index (χ0) is 6.97. The van der Waals surface area contributed by atoms with Crippen LogP contribution in [0.4, 0.5) is 0 Å². The Labute approximate surface area is 1200 Å². The second-order valence-electron chi connectivity index (χ2n) is 1.80. The van der Waals surface area contributed by atoms with Gasteiger partial charge in [-0.1, -0.05) is 0 Å². The second-order valence-corrected chi connectivity index (χ2v) is 4.17. The van der Waals surface area contributed by atoms with Gasteiger partial charge in [0.25, 0.3) is 0 Å². The summed E-state index contributed by atoms with van der Waals surface area (Å²) in [5, 5.41) is 0. The van der Waals surface area contributed by atoms with Crippen molar-refractivity contribution < 1.29 is 1180 Å².